The van der Waals surface area contributed by atoms with Gasteiger partial charge in [0, 0.05) is 54.2 Å². The van der Waals surface area contributed by atoms with Crippen molar-refractivity contribution in [2.45, 2.75) is 0 Å². The number of furan rings is 4. The van der Waals surface area contributed by atoms with Crippen LogP contribution in [-0.2, 0) is 0 Å². The van der Waals surface area contributed by atoms with Crippen molar-refractivity contribution in [2.24, 2.45) is 0 Å². The van der Waals surface area contributed by atoms with Crippen LogP contribution in [0.2, 0.25) is 0 Å². The van der Waals surface area contributed by atoms with E-state index in [1.165, 1.54) is 0 Å². The second-order valence-electron chi connectivity index (χ2n) is 16.7. The highest BCUT2D eigenvalue weighted by molar-refractivity contribution is 6.28. The molecule has 286 valence electrons. The molecule has 0 aliphatic heterocycles. The van der Waals surface area contributed by atoms with Gasteiger partial charge in [-0.25, -0.2) is 0 Å². The molecule has 4 nitrogen and oxygen atoms in total. The Balaban J connectivity index is 1.10. The van der Waals surface area contributed by atoms with E-state index in [0.29, 0.717) is 0 Å². The van der Waals surface area contributed by atoms with Gasteiger partial charge in [-0.15, -0.1) is 0 Å². The van der Waals surface area contributed by atoms with E-state index in [1.54, 1.807) is 0 Å². The Bertz CT molecular complexity index is 4170. The van der Waals surface area contributed by atoms with Gasteiger partial charge in [0.2, 0.25) is 0 Å². The molecule has 0 saturated heterocycles. The van der Waals surface area contributed by atoms with Gasteiger partial charge in [-0.05, 0) is 127 Å². The zero-order valence-electron chi connectivity index (χ0n) is 33.0. The van der Waals surface area contributed by atoms with Gasteiger partial charge >= 0.3 is 0 Å². The van der Waals surface area contributed by atoms with E-state index in [0.717, 1.165) is 153 Å². The topological polar surface area (TPSA) is 52.6 Å². The Morgan fingerprint density at radius 2 is 0.565 bits per heavy atom. The minimum atomic E-state index is 0.863. The summed E-state index contributed by atoms with van der Waals surface area (Å²) in [5.74, 6) is 0. The first-order valence-electron chi connectivity index (χ1n) is 21.0. The predicted octanol–water partition coefficient (Wildman–Crippen LogP) is 17.2. The van der Waals surface area contributed by atoms with Gasteiger partial charge in [0.05, 0.1) is 0 Å². The fourth-order valence-corrected chi connectivity index (χ4v) is 10.6. The molecule has 0 bridgehead atoms. The van der Waals surface area contributed by atoms with Crippen LogP contribution in [0.1, 0.15) is 0 Å². The van der Waals surface area contributed by atoms with E-state index in [-0.39, 0.29) is 0 Å². The average Bonchev–Trinajstić information content (AvgIpc) is 4.09. The number of benzene rings is 11. The molecule has 11 aromatic carbocycles. The summed E-state index contributed by atoms with van der Waals surface area (Å²) in [7, 11) is 0. The summed E-state index contributed by atoms with van der Waals surface area (Å²) in [5, 5.41) is 17.9. The molecule has 0 aliphatic rings. The third-order valence-electron chi connectivity index (χ3n) is 13.4. The molecule has 0 atom stereocenters. The molecule has 62 heavy (non-hydrogen) atoms. The summed E-state index contributed by atoms with van der Waals surface area (Å²) in [6.45, 7) is 0. The second-order valence-corrected chi connectivity index (χ2v) is 16.7. The average molecular weight is 791 g/mol. The molecule has 15 aromatic rings. The lowest BCUT2D eigenvalue weighted by molar-refractivity contribution is 0.669. The van der Waals surface area contributed by atoms with Crippen LogP contribution in [0.5, 0.6) is 0 Å². The third-order valence-corrected chi connectivity index (χ3v) is 13.4. The Morgan fingerprint density at radius 3 is 1.00 bits per heavy atom. The van der Waals surface area contributed by atoms with E-state index in [4.69, 9.17) is 17.7 Å². The molecule has 4 aromatic heterocycles. The van der Waals surface area contributed by atoms with E-state index < -0.39 is 0 Å². The minimum Gasteiger partial charge on any atom is -0.456 e. The summed E-state index contributed by atoms with van der Waals surface area (Å²) >= 11 is 0. The van der Waals surface area contributed by atoms with Gasteiger partial charge in [0.15, 0.2) is 0 Å². The summed E-state index contributed by atoms with van der Waals surface area (Å²) in [6, 6.07) is 64.9. The van der Waals surface area contributed by atoms with Crippen LogP contribution in [0.25, 0.3) is 153 Å². The Morgan fingerprint density at radius 1 is 0.194 bits per heavy atom. The maximum Gasteiger partial charge on any atom is 0.143 e. The van der Waals surface area contributed by atoms with Gasteiger partial charge < -0.3 is 17.7 Å². The van der Waals surface area contributed by atoms with Crippen LogP contribution >= 0.6 is 0 Å². The summed E-state index contributed by atoms with van der Waals surface area (Å²) in [6.07, 6.45) is 0. The number of fused-ring (bicyclic) bond motifs is 18. The highest BCUT2D eigenvalue weighted by Gasteiger charge is 2.22. The SMILES string of the molecule is c1ccc2c(c1)oc1cc3c(cc12)c(-c1cccc2c1oc1ccccc12)cc1cc2c(cc(-c4cccc5c4oc4ccccc45)c4cc5c(cc42)oc2ccccc25)cc13. The molecular weight excluding hydrogens is 761 g/mol. The van der Waals surface area contributed by atoms with Gasteiger partial charge in [0.25, 0.3) is 0 Å². The number of rotatable bonds is 2. The van der Waals surface area contributed by atoms with Crippen molar-refractivity contribution in [2.75, 3.05) is 0 Å². The van der Waals surface area contributed by atoms with Crippen LogP contribution in [0, 0.1) is 0 Å². The highest BCUT2D eigenvalue weighted by atomic mass is 16.3. The zero-order valence-corrected chi connectivity index (χ0v) is 33.0. The lowest BCUT2D eigenvalue weighted by Crippen LogP contribution is -1.89. The molecule has 0 spiro atoms. The first-order chi connectivity index (χ1) is 30.7. The van der Waals surface area contributed by atoms with E-state index in [1.807, 2.05) is 24.3 Å². The molecule has 0 N–H and O–H groups in total. The van der Waals surface area contributed by atoms with Gasteiger partial charge in [-0.3, -0.25) is 0 Å². The van der Waals surface area contributed by atoms with Gasteiger partial charge in [0.1, 0.15) is 44.7 Å². The lowest BCUT2D eigenvalue weighted by atomic mass is 9.87. The van der Waals surface area contributed by atoms with Crippen LogP contribution in [0.4, 0.5) is 0 Å². The largest absolute Gasteiger partial charge is 0.456 e. The summed E-state index contributed by atoms with van der Waals surface area (Å²) in [5.41, 5.74) is 11.3. The quantitative estimate of drug-likeness (QED) is 0.129. The Hall–Kier alpha value is -8.34. The molecule has 0 amide bonds. The third kappa shape index (κ3) is 4.30. The molecule has 4 heterocycles. The highest BCUT2D eigenvalue weighted by Crippen LogP contribution is 2.47. The fourth-order valence-electron chi connectivity index (χ4n) is 10.6. The molecule has 0 saturated carbocycles. The molecular formula is C58H30O4. The minimum absolute atomic E-state index is 0.863. The second kappa shape index (κ2) is 11.7. The van der Waals surface area contributed by atoms with E-state index in [2.05, 4.69) is 158 Å². The van der Waals surface area contributed by atoms with Crippen molar-refractivity contribution in [3.05, 3.63) is 182 Å². The lowest BCUT2D eigenvalue weighted by Gasteiger charge is -2.16. The van der Waals surface area contributed by atoms with Crippen molar-refractivity contribution in [3.63, 3.8) is 0 Å². The summed E-state index contributed by atoms with van der Waals surface area (Å²) < 4.78 is 26.6. The molecule has 0 aliphatic carbocycles. The van der Waals surface area contributed by atoms with Crippen LogP contribution in [-0.4, -0.2) is 0 Å². The molecule has 0 radical (unpaired) electrons. The van der Waals surface area contributed by atoms with Crippen molar-refractivity contribution >= 4 is 131 Å². The monoisotopic (exact) mass is 790 g/mol. The van der Waals surface area contributed by atoms with Crippen LogP contribution < -0.4 is 0 Å². The normalized spacial score (nSPS) is 12.5. The molecule has 15 rings (SSSR count). The Labute approximate surface area is 351 Å². The van der Waals surface area contributed by atoms with Crippen molar-refractivity contribution in [1.82, 2.24) is 0 Å². The van der Waals surface area contributed by atoms with Crippen molar-refractivity contribution in [1.29, 1.82) is 0 Å². The fraction of sp³-hybridized carbons (Fsp3) is 0. The summed E-state index contributed by atoms with van der Waals surface area (Å²) in [4.78, 5) is 0. The smallest absolute Gasteiger partial charge is 0.143 e. The van der Waals surface area contributed by atoms with Crippen molar-refractivity contribution in [3.8, 4) is 22.3 Å². The van der Waals surface area contributed by atoms with Crippen LogP contribution in [0.15, 0.2) is 200 Å². The molecule has 4 heteroatoms. The standard InChI is InChI=1S/C58H30O4/c1-7-21-53-33(11-1)37-15-9-17-39(57(37)61-53)43-25-31-23-42-32(24-41(31)47-29-55-49(27-45(43)47)35-13-3-5-19-51(35)59-55)26-44(40-18-10-16-38-34-12-2-8-22-54(34)62-58(38)40)46-28-50-36-14-4-6-20-52(36)60-56(50)30-48(42)46/h1-30H. The predicted molar refractivity (Wildman–Crippen MR) is 256 cm³/mol. The molecule has 0 fully saturated rings. The van der Waals surface area contributed by atoms with Gasteiger partial charge in [-0.2, -0.15) is 0 Å². The number of hydrogen-bond donors (Lipinski definition) is 0. The molecule has 0 unspecified atom stereocenters. The maximum atomic E-state index is 6.70. The maximum absolute atomic E-state index is 6.70. The van der Waals surface area contributed by atoms with Gasteiger partial charge in [-0.1, -0.05) is 109 Å². The first kappa shape index (κ1) is 32.5. The van der Waals surface area contributed by atoms with Crippen molar-refractivity contribution < 1.29 is 17.7 Å². The Kier molecular flexibility index (Phi) is 6.13. The van der Waals surface area contributed by atoms with Crippen LogP contribution in [0.3, 0.4) is 0 Å². The number of para-hydroxylation sites is 6. The zero-order chi connectivity index (χ0) is 40.2. The number of hydrogen-bond acceptors (Lipinski definition) is 4. The van der Waals surface area contributed by atoms with E-state index >= 15 is 0 Å². The first-order valence-corrected chi connectivity index (χ1v) is 21.0. The van der Waals surface area contributed by atoms with E-state index in [9.17, 15) is 0 Å².